The van der Waals surface area contributed by atoms with Gasteiger partial charge in [-0.25, -0.2) is 10.2 Å². The van der Waals surface area contributed by atoms with E-state index in [0.29, 0.717) is 11.3 Å². The lowest BCUT2D eigenvalue weighted by atomic mass is 10.2. The number of hydrazone groups is 1. The highest BCUT2D eigenvalue weighted by Crippen LogP contribution is 2.15. The minimum absolute atomic E-state index is 0.118. The van der Waals surface area contributed by atoms with Gasteiger partial charge in [-0.1, -0.05) is 12.1 Å². The summed E-state index contributed by atoms with van der Waals surface area (Å²) in [6.45, 7) is -0.314. The van der Waals surface area contributed by atoms with E-state index in [4.69, 9.17) is 4.74 Å². The van der Waals surface area contributed by atoms with Gasteiger partial charge in [0.2, 0.25) is 0 Å². The molecule has 1 amide bonds. The molecule has 2 rings (SSSR count). The molecule has 0 heterocycles. The van der Waals surface area contributed by atoms with Gasteiger partial charge in [-0.05, 0) is 30.3 Å². The first-order valence-corrected chi connectivity index (χ1v) is 7.37. The molecule has 2 aromatic rings. The van der Waals surface area contributed by atoms with Crippen molar-refractivity contribution in [2.75, 3.05) is 13.7 Å². The number of hydrogen-bond donors (Lipinski definition) is 1. The Morgan fingerprint density at radius 1 is 1.19 bits per heavy atom. The SMILES string of the molecule is COC(=O)c1ccc(OCC(=O)NN=Cc2ccccc2[N+](=O)[O-])cc1. The second-order valence-corrected chi connectivity index (χ2v) is 4.91. The van der Waals surface area contributed by atoms with Gasteiger partial charge in [0.15, 0.2) is 6.61 Å². The van der Waals surface area contributed by atoms with Gasteiger partial charge < -0.3 is 9.47 Å². The zero-order valence-corrected chi connectivity index (χ0v) is 13.7. The molecule has 0 spiro atoms. The summed E-state index contributed by atoms with van der Waals surface area (Å²) in [5.74, 6) is -0.633. The molecule has 0 aliphatic heterocycles. The van der Waals surface area contributed by atoms with Crippen LogP contribution in [0.1, 0.15) is 15.9 Å². The Kier molecular flexibility index (Phi) is 6.38. The maximum absolute atomic E-state index is 11.7. The van der Waals surface area contributed by atoms with Gasteiger partial charge in [0.25, 0.3) is 11.6 Å². The van der Waals surface area contributed by atoms with Crippen LogP contribution in [-0.4, -0.2) is 36.7 Å². The van der Waals surface area contributed by atoms with Gasteiger partial charge in [-0.15, -0.1) is 0 Å². The largest absolute Gasteiger partial charge is 0.484 e. The number of esters is 1. The molecule has 26 heavy (non-hydrogen) atoms. The van der Waals surface area contributed by atoms with E-state index in [-0.39, 0.29) is 17.9 Å². The number of hydrogen-bond acceptors (Lipinski definition) is 7. The molecule has 0 saturated carbocycles. The second-order valence-electron chi connectivity index (χ2n) is 4.91. The number of nitro benzene ring substituents is 1. The normalized spacial score (nSPS) is 10.3. The Morgan fingerprint density at radius 3 is 2.54 bits per heavy atom. The van der Waals surface area contributed by atoms with Crippen LogP contribution in [0.2, 0.25) is 0 Å². The standard InChI is InChI=1S/C17H15N3O6/c1-25-17(22)12-6-8-14(9-7-12)26-11-16(21)19-18-10-13-4-2-3-5-15(13)20(23)24/h2-10H,11H2,1H3,(H,19,21). The lowest BCUT2D eigenvalue weighted by Crippen LogP contribution is -2.24. The summed E-state index contributed by atoms with van der Waals surface area (Å²) < 4.78 is 9.83. The van der Waals surface area contributed by atoms with Crippen molar-refractivity contribution in [3.05, 3.63) is 69.8 Å². The molecule has 0 bridgehead atoms. The molecule has 134 valence electrons. The number of rotatable bonds is 7. The average Bonchev–Trinajstić information content (AvgIpc) is 2.66. The van der Waals surface area contributed by atoms with Gasteiger partial charge in [-0.3, -0.25) is 14.9 Å². The molecule has 0 fully saturated rings. The molecule has 0 aliphatic carbocycles. The van der Waals surface area contributed by atoms with Crippen LogP contribution in [0.5, 0.6) is 5.75 Å². The highest BCUT2D eigenvalue weighted by atomic mass is 16.6. The predicted molar refractivity (Wildman–Crippen MR) is 92.1 cm³/mol. The fraction of sp³-hybridized carbons (Fsp3) is 0.118. The Labute approximate surface area is 148 Å². The molecular weight excluding hydrogens is 342 g/mol. The summed E-state index contributed by atoms with van der Waals surface area (Å²) in [4.78, 5) is 33.3. The van der Waals surface area contributed by atoms with Crippen LogP contribution in [0.3, 0.4) is 0 Å². The summed E-state index contributed by atoms with van der Waals surface area (Å²) in [7, 11) is 1.28. The van der Waals surface area contributed by atoms with Crippen LogP contribution < -0.4 is 10.2 Å². The fourth-order valence-corrected chi connectivity index (χ4v) is 1.92. The number of carbonyl (C=O) groups excluding carboxylic acids is 2. The first-order chi connectivity index (χ1) is 12.5. The molecule has 9 nitrogen and oxygen atoms in total. The zero-order valence-electron chi connectivity index (χ0n) is 13.7. The first kappa shape index (κ1) is 18.6. The highest BCUT2D eigenvalue weighted by molar-refractivity contribution is 5.89. The van der Waals surface area contributed by atoms with Crippen LogP contribution in [0.25, 0.3) is 0 Å². The number of nitrogens with one attached hydrogen (secondary N) is 1. The minimum atomic E-state index is -0.545. The summed E-state index contributed by atoms with van der Waals surface area (Å²) in [5, 5.41) is 14.5. The van der Waals surface area contributed by atoms with Crippen molar-refractivity contribution < 1.29 is 24.0 Å². The van der Waals surface area contributed by atoms with E-state index in [1.807, 2.05) is 0 Å². The van der Waals surface area contributed by atoms with Crippen molar-refractivity contribution in [3.63, 3.8) is 0 Å². The van der Waals surface area contributed by atoms with Crippen LogP contribution in [0.15, 0.2) is 53.6 Å². The topological polar surface area (TPSA) is 120 Å². The molecule has 0 atom stereocenters. The van der Waals surface area contributed by atoms with Crippen LogP contribution in [0, 0.1) is 10.1 Å². The Morgan fingerprint density at radius 2 is 1.88 bits per heavy atom. The molecule has 0 saturated heterocycles. The third kappa shape index (κ3) is 5.13. The quantitative estimate of drug-likeness (QED) is 0.350. The molecular formula is C17H15N3O6. The first-order valence-electron chi connectivity index (χ1n) is 7.37. The van der Waals surface area contributed by atoms with Crippen LogP contribution >= 0.6 is 0 Å². The number of nitrogens with zero attached hydrogens (tertiary/aromatic N) is 2. The van der Waals surface area contributed by atoms with E-state index in [0.717, 1.165) is 0 Å². The van der Waals surface area contributed by atoms with Crippen LogP contribution in [-0.2, 0) is 9.53 Å². The van der Waals surface area contributed by atoms with Crippen molar-refractivity contribution in [1.29, 1.82) is 0 Å². The lowest BCUT2D eigenvalue weighted by molar-refractivity contribution is -0.385. The Balaban J connectivity index is 1.86. The van der Waals surface area contributed by atoms with E-state index in [9.17, 15) is 19.7 Å². The van der Waals surface area contributed by atoms with E-state index in [1.54, 1.807) is 6.07 Å². The number of benzene rings is 2. The Hall–Kier alpha value is -3.75. The van der Waals surface area contributed by atoms with Crippen molar-refractivity contribution in [3.8, 4) is 5.75 Å². The second kappa shape index (κ2) is 8.92. The van der Waals surface area contributed by atoms with Crippen molar-refractivity contribution in [1.82, 2.24) is 5.43 Å². The van der Waals surface area contributed by atoms with Gasteiger partial charge >= 0.3 is 5.97 Å². The monoisotopic (exact) mass is 357 g/mol. The molecule has 9 heteroatoms. The number of ether oxygens (including phenoxy) is 2. The maximum atomic E-state index is 11.7. The van der Waals surface area contributed by atoms with E-state index in [1.165, 1.54) is 55.8 Å². The number of nitro groups is 1. The predicted octanol–water partition coefficient (Wildman–Crippen LogP) is 1.91. The molecule has 0 aromatic heterocycles. The molecule has 0 aliphatic rings. The smallest absolute Gasteiger partial charge is 0.337 e. The molecule has 0 radical (unpaired) electrons. The molecule has 2 aromatic carbocycles. The molecule has 1 N–H and O–H groups in total. The maximum Gasteiger partial charge on any atom is 0.337 e. The third-order valence-electron chi connectivity index (χ3n) is 3.17. The number of para-hydroxylation sites is 1. The lowest BCUT2D eigenvalue weighted by Gasteiger charge is -2.05. The van der Waals surface area contributed by atoms with E-state index in [2.05, 4.69) is 15.3 Å². The van der Waals surface area contributed by atoms with Gasteiger partial charge in [0.05, 0.1) is 29.4 Å². The minimum Gasteiger partial charge on any atom is -0.484 e. The number of carbonyl (C=O) groups is 2. The van der Waals surface area contributed by atoms with Gasteiger partial charge in [0, 0.05) is 6.07 Å². The van der Waals surface area contributed by atoms with Crippen molar-refractivity contribution >= 4 is 23.8 Å². The van der Waals surface area contributed by atoms with E-state index >= 15 is 0 Å². The Bertz CT molecular complexity index is 833. The van der Waals surface area contributed by atoms with E-state index < -0.39 is 16.8 Å². The zero-order chi connectivity index (χ0) is 18.9. The van der Waals surface area contributed by atoms with Gasteiger partial charge in [-0.2, -0.15) is 5.10 Å². The summed E-state index contributed by atoms with van der Waals surface area (Å²) in [5.41, 5.74) is 2.72. The number of methoxy groups -OCH3 is 1. The number of amides is 1. The summed E-state index contributed by atoms with van der Waals surface area (Å²) >= 11 is 0. The van der Waals surface area contributed by atoms with Crippen molar-refractivity contribution in [2.24, 2.45) is 5.10 Å². The van der Waals surface area contributed by atoms with Crippen molar-refractivity contribution in [2.45, 2.75) is 0 Å². The third-order valence-corrected chi connectivity index (χ3v) is 3.17. The summed E-state index contributed by atoms with van der Waals surface area (Å²) in [6.07, 6.45) is 1.18. The summed E-state index contributed by atoms with van der Waals surface area (Å²) in [6, 6.07) is 12.1. The van der Waals surface area contributed by atoms with Crippen LogP contribution in [0.4, 0.5) is 5.69 Å². The highest BCUT2D eigenvalue weighted by Gasteiger charge is 2.10. The molecule has 0 unspecified atom stereocenters. The fourth-order valence-electron chi connectivity index (χ4n) is 1.92. The average molecular weight is 357 g/mol. The van der Waals surface area contributed by atoms with Gasteiger partial charge in [0.1, 0.15) is 5.75 Å².